The third-order valence-corrected chi connectivity index (χ3v) is 3.19. The summed E-state index contributed by atoms with van der Waals surface area (Å²) in [7, 11) is 0. The molecule has 15 heavy (non-hydrogen) atoms. The molecule has 1 aliphatic heterocycles. The number of ether oxygens (including phenoxy) is 1. The Morgan fingerprint density at radius 1 is 1.20 bits per heavy atom. The first-order valence-electron chi connectivity index (χ1n) is 4.52. The maximum atomic E-state index is 9.04. The predicted octanol–water partition coefficient (Wildman–Crippen LogP) is 1.67. The Bertz CT molecular complexity index is 426. The van der Waals surface area contributed by atoms with Crippen LogP contribution in [0.2, 0.25) is 0 Å². The van der Waals surface area contributed by atoms with Gasteiger partial charge in [-0.05, 0) is 12.5 Å². The molecule has 0 aromatic heterocycles. The normalized spacial score (nSPS) is 27.6. The lowest BCUT2D eigenvalue weighted by atomic mass is 9.72. The topological polar surface area (TPSA) is 80.6 Å². The fourth-order valence-corrected chi connectivity index (χ4v) is 1.58. The van der Waals surface area contributed by atoms with Crippen LogP contribution in [-0.2, 0) is 4.74 Å². The molecular weight excluding hydrogens is 190 g/mol. The Balaban J connectivity index is 3.36. The number of rotatable bonds is 0. The highest BCUT2D eigenvalue weighted by atomic mass is 16.5. The lowest BCUT2D eigenvalue weighted by Gasteiger charge is -2.30. The van der Waals surface area contributed by atoms with E-state index in [9.17, 15) is 0 Å². The van der Waals surface area contributed by atoms with Crippen molar-refractivity contribution in [2.45, 2.75) is 26.4 Å². The summed E-state index contributed by atoms with van der Waals surface area (Å²) in [5, 5.41) is 26.6. The van der Waals surface area contributed by atoms with E-state index in [0.29, 0.717) is 5.57 Å². The molecule has 0 amide bonds. The van der Waals surface area contributed by atoms with Gasteiger partial charge in [0.15, 0.2) is 5.60 Å². The van der Waals surface area contributed by atoms with Crippen LogP contribution in [-0.4, -0.2) is 12.2 Å². The summed E-state index contributed by atoms with van der Waals surface area (Å²) in [6.07, 6.45) is 0. The first-order chi connectivity index (χ1) is 6.93. The van der Waals surface area contributed by atoms with Gasteiger partial charge >= 0.3 is 0 Å². The number of allylic oxidation sites excluding steroid dienone is 1. The molecule has 4 heteroatoms. The summed E-state index contributed by atoms with van der Waals surface area (Å²) in [6, 6.07) is 5.77. The molecule has 0 radical (unpaired) electrons. The van der Waals surface area contributed by atoms with E-state index in [1.54, 1.807) is 6.92 Å². The molecule has 1 saturated heterocycles. The second kappa shape index (κ2) is 3.39. The largest absolute Gasteiger partial charge is 0.355 e. The monoisotopic (exact) mass is 201 g/mol. The zero-order valence-electron chi connectivity index (χ0n) is 8.96. The summed E-state index contributed by atoms with van der Waals surface area (Å²) < 4.78 is 5.38. The van der Waals surface area contributed by atoms with Crippen LogP contribution >= 0.6 is 0 Å². The van der Waals surface area contributed by atoms with Gasteiger partial charge in [0.25, 0.3) is 0 Å². The highest BCUT2D eigenvalue weighted by Gasteiger charge is 2.51. The number of nitrogens with zero attached hydrogens (tertiary/aromatic N) is 3. The molecule has 0 spiro atoms. The zero-order valence-corrected chi connectivity index (χ0v) is 8.96. The standard InChI is InChI=1S/C11H11N3O/c1-10(2)9(8(4-12)5-13)6-15-11(10,3)7-14/h6H2,1-3H3. The predicted molar refractivity (Wildman–Crippen MR) is 52.0 cm³/mol. The summed E-state index contributed by atoms with van der Waals surface area (Å²) in [5.41, 5.74) is -0.917. The third-order valence-electron chi connectivity index (χ3n) is 3.19. The fourth-order valence-electron chi connectivity index (χ4n) is 1.58. The van der Waals surface area contributed by atoms with Crippen LogP contribution < -0.4 is 0 Å². The van der Waals surface area contributed by atoms with E-state index in [1.807, 2.05) is 26.0 Å². The fraction of sp³-hybridized carbons (Fsp3) is 0.545. The van der Waals surface area contributed by atoms with Crippen molar-refractivity contribution in [3.8, 4) is 18.2 Å². The van der Waals surface area contributed by atoms with Gasteiger partial charge in [0, 0.05) is 5.41 Å². The maximum Gasteiger partial charge on any atom is 0.160 e. The molecule has 1 unspecified atom stereocenters. The smallest absolute Gasteiger partial charge is 0.160 e. The van der Waals surface area contributed by atoms with Crippen molar-refractivity contribution in [2.75, 3.05) is 6.61 Å². The number of nitriles is 3. The van der Waals surface area contributed by atoms with Crippen LogP contribution in [0.15, 0.2) is 11.1 Å². The molecule has 1 aliphatic rings. The van der Waals surface area contributed by atoms with Crippen molar-refractivity contribution in [1.29, 1.82) is 15.8 Å². The van der Waals surface area contributed by atoms with Crippen LogP contribution in [0.3, 0.4) is 0 Å². The Morgan fingerprint density at radius 3 is 2.07 bits per heavy atom. The minimum Gasteiger partial charge on any atom is -0.355 e. The molecule has 4 nitrogen and oxygen atoms in total. The minimum absolute atomic E-state index is 0.0546. The lowest BCUT2D eigenvalue weighted by molar-refractivity contribution is 0.0157. The number of hydrogen-bond donors (Lipinski definition) is 0. The first-order valence-corrected chi connectivity index (χ1v) is 4.52. The first kappa shape index (κ1) is 11.2. The number of hydrogen-bond acceptors (Lipinski definition) is 4. The summed E-state index contributed by atoms with van der Waals surface area (Å²) in [6.45, 7) is 5.47. The summed E-state index contributed by atoms with van der Waals surface area (Å²) in [5.74, 6) is 0. The van der Waals surface area contributed by atoms with Crippen molar-refractivity contribution < 1.29 is 4.74 Å². The molecular formula is C11H11N3O. The second-order valence-corrected chi connectivity index (χ2v) is 4.14. The van der Waals surface area contributed by atoms with Gasteiger partial charge in [-0.15, -0.1) is 0 Å². The summed E-state index contributed by atoms with van der Waals surface area (Å²) in [4.78, 5) is 0. The van der Waals surface area contributed by atoms with E-state index in [2.05, 4.69) is 6.07 Å². The van der Waals surface area contributed by atoms with Crippen LogP contribution in [0.5, 0.6) is 0 Å². The van der Waals surface area contributed by atoms with Crippen LogP contribution in [0.25, 0.3) is 0 Å². The van der Waals surface area contributed by atoms with E-state index in [-0.39, 0.29) is 12.2 Å². The van der Waals surface area contributed by atoms with Gasteiger partial charge in [-0.2, -0.15) is 15.8 Å². The van der Waals surface area contributed by atoms with Crippen molar-refractivity contribution in [2.24, 2.45) is 5.41 Å². The van der Waals surface area contributed by atoms with Crippen molar-refractivity contribution in [3.63, 3.8) is 0 Å². The van der Waals surface area contributed by atoms with E-state index in [4.69, 9.17) is 20.5 Å². The van der Waals surface area contributed by atoms with Crippen LogP contribution in [0.4, 0.5) is 0 Å². The molecule has 0 bridgehead atoms. The molecule has 0 aliphatic carbocycles. The Morgan fingerprint density at radius 2 is 1.73 bits per heavy atom. The highest BCUT2D eigenvalue weighted by molar-refractivity contribution is 5.46. The van der Waals surface area contributed by atoms with E-state index in [1.165, 1.54) is 0 Å². The van der Waals surface area contributed by atoms with Gasteiger partial charge < -0.3 is 4.74 Å². The van der Waals surface area contributed by atoms with Crippen LogP contribution in [0, 0.1) is 39.4 Å². The molecule has 1 heterocycles. The van der Waals surface area contributed by atoms with Gasteiger partial charge in [0.2, 0.25) is 0 Å². The van der Waals surface area contributed by atoms with Gasteiger partial charge in [-0.3, -0.25) is 0 Å². The zero-order chi connectivity index (χ0) is 11.7. The Hall–Kier alpha value is -1.83. The van der Waals surface area contributed by atoms with Crippen molar-refractivity contribution >= 4 is 0 Å². The third kappa shape index (κ3) is 1.38. The average molecular weight is 201 g/mol. The van der Waals surface area contributed by atoms with E-state index in [0.717, 1.165) is 0 Å². The average Bonchev–Trinajstić information content (AvgIpc) is 2.44. The quantitative estimate of drug-likeness (QED) is 0.558. The van der Waals surface area contributed by atoms with Gasteiger partial charge in [-0.25, -0.2) is 0 Å². The molecule has 76 valence electrons. The van der Waals surface area contributed by atoms with E-state index < -0.39 is 11.0 Å². The second-order valence-electron chi connectivity index (χ2n) is 4.14. The maximum absolute atomic E-state index is 9.04. The van der Waals surface area contributed by atoms with Gasteiger partial charge in [0.1, 0.15) is 17.7 Å². The van der Waals surface area contributed by atoms with Crippen molar-refractivity contribution in [1.82, 2.24) is 0 Å². The molecule has 0 aromatic carbocycles. The minimum atomic E-state index is -0.971. The molecule has 1 atom stereocenters. The highest BCUT2D eigenvalue weighted by Crippen LogP contribution is 2.47. The lowest BCUT2D eigenvalue weighted by Crippen LogP contribution is -2.37. The summed E-state index contributed by atoms with van der Waals surface area (Å²) >= 11 is 0. The molecule has 1 rings (SSSR count). The molecule has 1 fully saturated rings. The Labute approximate surface area is 89.0 Å². The molecule has 0 saturated carbocycles. The SMILES string of the molecule is CC1(C#N)OCC(=C(C#N)C#N)C1(C)C. The molecule has 0 aromatic rings. The van der Waals surface area contributed by atoms with Gasteiger partial charge in [0.05, 0.1) is 12.7 Å². The molecule has 0 N–H and O–H groups in total. The van der Waals surface area contributed by atoms with Crippen molar-refractivity contribution in [3.05, 3.63) is 11.1 Å². The van der Waals surface area contributed by atoms with Gasteiger partial charge in [-0.1, -0.05) is 13.8 Å². The Kier molecular flexibility index (Phi) is 2.54. The van der Waals surface area contributed by atoms with E-state index >= 15 is 0 Å². The van der Waals surface area contributed by atoms with Crippen LogP contribution in [0.1, 0.15) is 20.8 Å².